The smallest absolute Gasteiger partial charge is 0.335 e. The van der Waals surface area contributed by atoms with E-state index in [4.69, 9.17) is 5.11 Å². The molecule has 2 nitrogen and oxygen atoms in total. The summed E-state index contributed by atoms with van der Waals surface area (Å²) in [5.41, 5.74) is 3.24. The second-order valence-corrected chi connectivity index (χ2v) is 6.30. The van der Waals surface area contributed by atoms with Crippen LogP contribution in [0.3, 0.4) is 0 Å². The van der Waals surface area contributed by atoms with Crippen molar-refractivity contribution in [3.8, 4) is 0 Å². The van der Waals surface area contributed by atoms with E-state index in [1.807, 2.05) is 23.9 Å². The molecule has 0 aliphatic heterocycles. The number of carbonyl (C=O) groups is 1. The number of benzene rings is 2. The molecule has 0 spiro atoms. The molecule has 2 aromatic rings. The average Bonchev–Trinajstić information content (AvgIpc) is 2.48. The molecule has 1 unspecified atom stereocenters. The highest BCUT2D eigenvalue weighted by Crippen LogP contribution is 2.43. The zero-order valence-corrected chi connectivity index (χ0v) is 11.9. The van der Waals surface area contributed by atoms with Crippen molar-refractivity contribution in [3.63, 3.8) is 0 Å². The van der Waals surface area contributed by atoms with Crippen LogP contribution in [0.1, 0.15) is 39.6 Å². The lowest BCUT2D eigenvalue weighted by molar-refractivity contribution is 0.0697. The van der Waals surface area contributed by atoms with Crippen molar-refractivity contribution >= 4 is 17.7 Å². The molecule has 0 fully saturated rings. The topological polar surface area (TPSA) is 37.3 Å². The van der Waals surface area contributed by atoms with Gasteiger partial charge in [-0.2, -0.15) is 0 Å². The molecule has 0 amide bonds. The fourth-order valence-corrected chi connectivity index (χ4v) is 3.94. The maximum Gasteiger partial charge on any atom is 0.335 e. The van der Waals surface area contributed by atoms with Gasteiger partial charge in [-0.3, -0.25) is 0 Å². The van der Waals surface area contributed by atoms with E-state index < -0.39 is 5.97 Å². The lowest BCUT2D eigenvalue weighted by Gasteiger charge is -2.25. The molecular formula is C17H16O2S. The first-order valence-electron chi connectivity index (χ1n) is 6.82. The second-order valence-electron chi connectivity index (χ2n) is 5.03. The largest absolute Gasteiger partial charge is 0.478 e. The predicted molar refractivity (Wildman–Crippen MR) is 81.4 cm³/mol. The molecule has 102 valence electrons. The van der Waals surface area contributed by atoms with Crippen molar-refractivity contribution in [3.05, 3.63) is 65.2 Å². The molecule has 1 aliphatic carbocycles. The van der Waals surface area contributed by atoms with Crippen molar-refractivity contribution in [2.45, 2.75) is 29.4 Å². The highest BCUT2D eigenvalue weighted by Gasteiger charge is 2.20. The van der Waals surface area contributed by atoms with E-state index >= 15 is 0 Å². The minimum absolute atomic E-state index is 0.346. The number of hydrogen-bond donors (Lipinski definition) is 1. The molecule has 1 N–H and O–H groups in total. The van der Waals surface area contributed by atoms with Gasteiger partial charge in [0.1, 0.15) is 0 Å². The van der Waals surface area contributed by atoms with Crippen LogP contribution in [0.15, 0.2) is 53.4 Å². The minimum Gasteiger partial charge on any atom is -0.478 e. The molecule has 3 rings (SSSR count). The van der Waals surface area contributed by atoms with Crippen molar-refractivity contribution < 1.29 is 9.90 Å². The molecule has 1 aliphatic rings. The predicted octanol–water partition coefficient (Wildman–Crippen LogP) is 4.55. The van der Waals surface area contributed by atoms with Crippen LogP contribution in [-0.4, -0.2) is 11.1 Å². The van der Waals surface area contributed by atoms with Crippen LogP contribution in [0.25, 0.3) is 0 Å². The maximum absolute atomic E-state index is 10.9. The van der Waals surface area contributed by atoms with Gasteiger partial charge in [-0.1, -0.05) is 24.3 Å². The molecule has 0 aromatic heterocycles. The Morgan fingerprint density at radius 1 is 1.10 bits per heavy atom. The molecule has 0 heterocycles. The Balaban J connectivity index is 1.80. The minimum atomic E-state index is -0.871. The summed E-state index contributed by atoms with van der Waals surface area (Å²) in [4.78, 5) is 12.0. The van der Waals surface area contributed by atoms with Crippen LogP contribution >= 0.6 is 11.8 Å². The lowest BCUT2D eigenvalue weighted by atomic mass is 9.91. The van der Waals surface area contributed by atoms with Crippen LogP contribution in [-0.2, 0) is 6.42 Å². The van der Waals surface area contributed by atoms with Gasteiger partial charge in [0.15, 0.2) is 0 Å². The molecule has 0 radical (unpaired) electrons. The molecule has 0 bridgehead atoms. The maximum atomic E-state index is 10.9. The van der Waals surface area contributed by atoms with E-state index in [2.05, 4.69) is 24.3 Å². The Morgan fingerprint density at radius 3 is 2.60 bits per heavy atom. The summed E-state index contributed by atoms with van der Waals surface area (Å²) in [7, 11) is 0. The standard InChI is InChI=1S/C17H16O2S/c18-17(19)13-8-10-14(11-9-13)20-16-7-3-5-12-4-1-2-6-15(12)16/h1-2,4,6,8-11,16H,3,5,7H2,(H,18,19). The van der Waals surface area contributed by atoms with E-state index in [0.717, 1.165) is 4.90 Å². The third-order valence-electron chi connectivity index (χ3n) is 3.69. The number of aryl methyl sites for hydroxylation is 1. The Labute approximate surface area is 122 Å². The number of fused-ring (bicyclic) bond motifs is 1. The van der Waals surface area contributed by atoms with Crippen molar-refractivity contribution in [1.29, 1.82) is 0 Å². The number of rotatable bonds is 3. The number of aromatic carboxylic acids is 1. The SMILES string of the molecule is O=C(O)c1ccc(SC2CCCc3ccccc32)cc1. The molecule has 0 saturated carbocycles. The quantitative estimate of drug-likeness (QED) is 0.898. The Hall–Kier alpha value is -1.74. The molecule has 20 heavy (non-hydrogen) atoms. The first-order valence-corrected chi connectivity index (χ1v) is 7.70. The summed E-state index contributed by atoms with van der Waals surface area (Å²) in [6, 6.07) is 15.8. The molecular weight excluding hydrogens is 268 g/mol. The third kappa shape index (κ3) is 2.73. The number of carboxylic acid groups (broad SMARTS) is 1. The Kier molecular flexibility index (Phi) is 3.79. The fourth-order valence-electron chi connectivity index (χ4n) is 2.67. The summed E-state index contributed by atoms with van der Waals surface area (Å²) in [5.74, 6) is -0.871. The summed E-state index contributed by atoms with van der Waals surface area (Å²) < 4.78 is 0. The van der Waals surface area contributed by atoms with Gasteiger partial charge < -0.3 is 5.11 Å². The van der Waals surface area contributed by atoms with E-state index in [1.54, 1.807) is 12.1 Å². The third-order valence-corrected chi connectivity index (χ3v) is 5.01. The molecule has 2 aromatic carbocycles. The summed E-state index contributed by atoms with van der Waals surface area (Å²) in [6.45, 7) is 0. The summed E-state index contributed by atoms with van der Waals surface area (Å²) >= 11 is 1.83. The zero-order valence-electron chi connectivity index (χ0n) is 11.1. The van der Waals surface area contributed by atoms with E-state index in [-0.39, 0.29) is 0 Å². The molecule has 3 heteroatoms. The summed E-state index contributed by atoms with van der Waals surface area (Å²) in [6.07, 6.45) is 3.58. The van der Waals surface area contributed by atoms with Crippen LogP contribution in [0.4, 0.5) is 0 Å². The highest BCUT2D eigenvalue weighted by molar-refractivity contribution is 7.99. The van der Waals surface area contributed by atoms with Crippen LogP contribution in [0.2, 0.25) is 0 Å². The van der Waals surface area contributed by atoms with Crippen LogP contribution < -0.4 is 0 Å². The van der Waals surface area contributed by atoms with Gasteiger partial charge in [0, 0.05) is 10.1 Å². The van der Waals surface area contributed by atoms with Crippen molar-refractivity contribution in [1.82, 2.24) is 0 Å². The average molecular weight is 284 g/mol. The highest BCUT2D eigenvalue weighted by atomic mass is 32.2. The number of hydrogen-bond acceptors (Lipinski definition) is 2. The normalized spacial score (nSPS) is 17.5. The van der Waals surface area contributed by atoms with Crippen molar-refractivity contribution in [2.75, 3.05) is 0 Å². The molecule has 1 atom stereocenters. The molecule has 0 saturated heterocycles. The zero-order chi connectivity index (χ0) is 13.9. The number of thioether (sulfide) groups is 1. The Morgan fingerprint density at radius 2 is 1.85 bits per heavy atom. The second kappa shape index (κ2) is 5.71. The monoisotopic (exact) mass is 284 g/mol. The van der Waals surface area contributed by atoms with Gasteiger partial charge in [0.05, 0.1) is 5.56 Å². The van der Waals surface area contributed by atoms with E-state index in [1.165, 1.54) is 30.4 Å². The number of carboxylic acids is 1. The van der Waals surface area contributed by atoms with Gasteiger partial charge in [-0.25, -0.2) is 4.79 Å². The van der Waals surface area contributed by atoms with Gasteiger partial charge in [-0.15, -0.1) is 11.8 Å². The first-order chi connectivity index (χ1) is 9.74. The van der Waals surface area contributed by atoms with Gasteiger partial charge >= 0.3 is 5.97 Å². The van der Waals surface area contributed by atoms with Crippen LogP contribution in [0, 0.1) is 0 Å². The van der Waals surface area contributed by atoms with E-state index in [9.17, 15) is 4.79 Å². The van der Waals surface area contributed by atoms with Gasteiger partial charge in [0.25, 0.3) is 0 Å². The lowest BCUT2D eigenvalue weighted by Crippen LogP contribution is -2.06. The first kappa shape index (κ1) is 13.3. The van der Waals surface area contributed by atoms with Gasteiger partial charge in [0.2, 0.25) is 0 Å². The Bertz CT molecular complexity index is 619. The van der Waals surface area contributed by atoms with Crippen LogP contribution in [0.5, 0.6) is 0 Å². The van der Waals surface area contributed by atoms with Gasteiger partial charge in [-0.05, 0) is 54.7 Å². The fraction of sp³-hybridized carbons (Fsp3) is 0.235. The summed E-state index contributed by atoms with van der Waals surface area (Å²) in [5, 5.41) is 9.40. The van der Waals surface area contributed by atoms with E-state index in [0.29, 0.717) is 10.8 Å². The van der Waals surface area contributed by atoms with Crippen molar-refractivity contribution in [2.24, 2.45) is 0 Å².